The van der Waals surface area contributed by atoms with Gasteiger partial charge in [-0.25, -0.2) is 9.78 Å². The average molecular weight is 443 g/mol. The summed E-state index contributed by atoms with van der Waals surface area (Å²) >= 11 is 1.68. The molecule has 7 nitrogen and oxygen atoms in total. The van der Waals surface area contributed by atoms with E-state index in [1.807, 2.05) is 29.7 Å². The van der Waals surface area contributed by atoms with Crippen LogP contribution in [0, 0.1) is 5.92 Å². The van der Waals surface area contributed by atoms with Gasteiger partial charge in [0.15, 0.2) is 11.5 Å². The molecule has 164 valence electrons. The number of imide groups is 1. The van der Waals surface area contributed by atoms with Crippen molar-refractivity contribution in [1.29, 1.82) is 0 Å². The van der Waals surface area contributed by atoms with Crippen LogP contribution < -0.4 is 16.1 Å². The third-order valence-corrected chi connectivity index (χ3v) is 6.47. The molecule has 2 aromatic rings. The molecule has 8 heteroatoms. The van der Waals surface area contributed by atoms with Gasteiger partial charge in [0.2, 0.25) is 5.89 Å². The summed E-state index contributed by atoms with van der Waals surface area (Å²) in [5.74, 6) is 0.737. The molecule has 2 aliphatic rings. The summed E-state index contributed by atoms with van der Waals surface area (Å²) in [5, 5.41) is 4.86. The predicted molar refractivity (Wildman–Crippen MR) is 117 cm³/mol. The number of rotatable bonds is 8. The third kappa shape index (κ3) is 5.92. The van der Waals surface area contributed by atoms with Crippen LogP contribution in [0.2, 0.25) is 0 Å². The van der Waals surface area contributed by atoms with Crippen molar-refractivity contribution >= 4 is 36.0 Å². The number of cyclic esters (lactones) is 1. The Labute approximate surface area is 184 Å². The van der Waals surface area contributed by atoms with Gasteiger partial charge in [-0.15, -0.1) is 11.3 Å². The fourth-order valence-electron chi connectivity index (χ4n) is 3.97. The average Bonchev–Trinajstić information content (AvgIpc) is 3.45. The Bertz CT molecular complexity index is 1030. The quantitative estimate of drug-likeness (QED) is 0.676. The molecule has 2 amide bonds. The zero-order chi connectivity index (χ0) is 21.6. The molecule has 1 aliphatic heterocycles. The van der Waals surface area contributed by atoms with Crippen molar-refractivity contribution < 1.29 is 23.5 Å². The number of thiophene rings is 1. The van der Waals surface area contributed by atoms with Gasteiger partial charge in [-0.1, -0.05) is 24.8 Å². The molecule has 1 unspecified atom stereocenters. The van der Waals surface area contributed by atoms with Gasteiger partial charge in [0.1, 0.15) is 5.35 Å². The zero-order valence-electron chi connectivity index (χ0n) is 17.2. The van der Waals surface area contributed by atoms with Crippen LogP contribution in [0.3, 0.4) is 0 Å². The highest BCUT2D eigenvalue weighted by Gasteiger charge is 2.35. The molecule has 0 bridgehead atoms. The van der Waals surface area contributed by atoms with Crippen LogP contribution in [0.4, 0.5) is 4.79 Å². The number of oxazole rings is 1. The number of carbonyl (C=O) groups excluding carboxylic acids is 2. The number of hydrogen-bond donors (Lipinski definition) is 1. The maximum Gasteiger partial charge on any atom is 0.414 e. The number of nitrogens with zero attached hydrogens (tertiary/aromatic N) is 1. The van der Waals surface area contributed by atoms with E-state index in [-0.39, 0.29) is 12.0 Å². The van der Waals surface area contributed by atoms with Crippen molar-refractivity contribution in [3.63, 3.8) is 0 Å². The summed E-state index contributed by atoms with van der Waals surface area (Å²) in [7, 11) is 0. The summed E-state index contributed by atoms with van der Waals surface area (Å²) < 4.78 is 16.7. The van der Waals surface area contributed by atoms with Gasteiger partial charge in [0.25, 0.3) is 5.91 Å². The zero-order valence-corrected chi connectivity index (χ0v) is 18.1. The van der Waals surface area contributed by atoms with Gasteiger partial charge in [0.05, 0.1) is 19.1 Å². The molecule has 1 aliphatic carbocycles. The van der Waals surface area contributed by atoms with E-state index >= 15 is 0 Å². The van der Waals surface area contributed by atoms with Crippen molar-refractivity contribution in [2.24, 2.45) is 5.92 Å². The third-order valence-electron chi connectivity index (χ3n) is 5.60. The highest BCUT2D eigenvalue weighted by Crippen LogP contribution is 2.30. The number of alkyl carbamates (subject to hydrolysis) is 1. The molecule has 4 rings (SSSR count). The number of ether oxygens (including phenoxy) is 2. The topological polar surface area (TPSA) is 90.7 Å². The lowest BCUT2D eigenvalue weighted by Gasteiger charge is -2.28. The smallest absolute Gasteiger partial charge is 0.414 e. The monoisotopic (exact) mass is 442 g/mol. The summed E-state index contributed by atoms with van der Waals surface area (Å²) in [5.41, 5.74) is 0.667. The molecule has 2 aromatic heterocycles. The second-order valence-electron chi connectivity index (χ2n) is 7.86. The molecular formula is C23H26N2O5S. The Balaban J connectivity index is 1.18. The van der Waals surface area contributed by atoms with Crippen molar-refractivity contribution in [3.05, 3.63) is 51.2 Å². The maximum atomic E-state index is 11.6. The minimum Gasteiger partial charge on any atom is -0.440 e. The van der Waals surface area contributed by atoms with Gasteiger partial charge < -0.3 is 13.9 Å². The van der Waals surface area contributed by atoms with Crippen LogP contribution in [0.25, 0.3) is 12.7 Å². The van der Waals surface area contributed by atoms with Crippen molar-refractivity contribution in [1.82, 2.24) is 10.3 Å². The van der Waals surface area contributed by atoms with Crippen molar-refractivity contribution in [2.45, 2.75) is 50.7 Å². The highest BCUT2D eigenvalue weighted by molar-refractivity contribution is 7.09. The molecular weight excluding hydrogens is 416 g/mol. The van der Waals surface area contributed by atoms with Crippen LogP contribution in [0.5, 0.6) is 0 Å². The molecule has 1 N–H and O–H groups in total. The number of allylic oxidation sites excluding steroid dienone is 1. The Kier molecular flexibility index (Phi) is 6.99. The van der Waals surface area contributed by atoms with Crippen LogP contribution >= 0.6 is 11.3 Å². The Morgan fingerprint density at radius 1 is 1.29 bits per heavy atom. The maximum absolute atomic E-state index is 11.6. The number of aromatic nitrogens is 1. The molecule has 31 heavy (non-hydrogen) atoms. The van der Waals surface area contributed by atoms with E-state index in [9.17, 15) is 9.59 Å². The number of carbonyl (C=O) groups is 2. The molecule has 1 atom stereocenters. The van der Waals surface area contributed by atoms with Gasteiger partial charge in [-0.2, -0.15) is 0 Å². The largest absolute Gasteiger partial charge is 0.440 e. The SMILES string of the molecule is C=c1nc(Cc2cccs2)o/c1=C/C=C/COC1CCC(CC2OC(=O)NC2=O)CC1. The van der Waals surface area contributed by atoms with E-state index in [4.69, 9.17) is 13.9 Å². The Morgan fingerprint density at radius 3 is 2.84 bits per heavy atom. The van der Waals surface area contributed by atoms with E-state index in [0.29, 0.717) is 42.0 Å². The first-order chi connectivity index (χ1) is 15.1. The molecule has 0 radical (unpaired) electrons. The minimum absolute atomic E-state index is 0.215. The molecule has 0 spiro atoms. The molecule has 2 fully saturated rings. The van der Waals surface area contributed by atoms with Gasteiger partial charge in [0, 0.05) is 4.88 Å². The number of amides is 2. The van der Waals surface area contributed by atoms with Crippen molar-refractivity contribution in [2.75, 3.05) is 6.61 Å². The molecule has 0 aromatic carbocycles. The Hall–Kier alpha value is -2.71. The van der Waals surface area contributed by atoms with Crippen LogP contribution in [0.1, 0.15) is 42.9 Å². The standard InChI is InChI=1S/C23H26N2O5S/c1-15-19(29-21(24-15)14-18-5-4-12-31-18)6-2-3-11-28-17-9-7-16(8-10-17)13-20-22(26)25-23(27)30-20/h2-6,12,16-17,20H,1,7-11,13-14H2,(H,25,26,27)/b3-2+,19-6+. The summed E-state index contributed by atoms with van der Waals surface area (Å²) in [6.45, 7) is 4.47. The lowest BCUT2D eigenvalue weighted by Crippen LogP contribution is -2.29. The van der Waals surface area contributed by atoms with Gasteiger partial charge in [-0.3, -0.25) is 10.1 Å². The summed E-state index contributed by atoms with van der Waals surface area (Å²) in [4.78, 5) is 28.3. The first-order valence-corrected chi connectivity index (χ1v) is 11.4. The fraction of sp³-hybridized carbons (Fsp3) is 0.435. The number of hydrogen-bond acceptors (Lipinski definition) is 7. The van der Waals surface area contributed by atoms with Crippen LogP contribution in [-0.4, -0.2) is 35.8 Å². The first kappa shape index (κ1) is 21.5. The lowest BCUT2D eigenvalue weighted by atomic mass is 9.84. The fourth-order valence-corrected chi connectivity index (χ4v) is 4.67. The number of nitrogens with one attached hydrogen (secondary N) is 1. The van der Waals surface area contributed by atoms with Crippen LogP contribution in [-0.2, 0) is 20.7 Å². The minimum atomic E-state index is -0.634. The molecule has 1 saturated carbocycles. The van der Waals surface area contributed by atoms with Gasteiger partial charge in [-0.05, 0) is 55.5 Å². The predicted octanol–water partition coefficient (Wildman–Crippen LogP) is 2.67. The van der Waals surface area contributed by atoms with E-state index in [1.165, 1.54) is 4.88 Å². The van der Waals surface area contributed by atoms with E-state index < -0.39 is 12.2 Å². The van der Waals surface area contributed by atoms with Crippen LogP contribution in [0.15, 0.2) is 34.1 Å². The normalized spacial score (nSPS) is 24.6. The molecule has 1 saturated heterocycles. The lowest BCUT2D eigenvalue weighted by molar-refractivity contribution is -0.124. The van der Waals surface area contributed by atoms with E-state index in [0.717, 1.165) is 25.7 Å². The highest BCUT2D eigenvalue weighted by atomic mass is 32.1. The van der Waals surface area contributed by atoms with E-state index in [1.54, 1.807) is 11.3 Å². The summed E-state index contributed by atoms with van der Waals surface area (Å²) in [6, 6.07) is 4.08. The summed E-state index contributed by atoms with van der Waals surface area (Å²) in [6.07, 6.45) is 9.78. The van der Waals surface area contributed by atoms with Gasteiger partial charge >= 0.3 is 6.09 Å². The molecule has 3 heterocycles. The second-order valence-corrected chi connectivity index (χ2v) is 8.90. The first-order valence-electron chi connectivity index (χ1n) is 10.5. The van der Waals surface area contributed by atoms with E-state index in [2.05, 4.69) is 22.9 Å². The second kappa shape index (κ2) is 10.1. The van der Waals surface area contributed by atoms with Crippen molar-refractivity contribution in [3.8, 4) is 0 Å². The Morgan fingerprint density at radius 2 is 2.13 bits per heavy atom.